The molecule has 5 N–H and O–H groups in total. The Kier molecular flexibility index (Phi) is 3.12. The number of nitrogens with one attached hydrogen (secondary N) is 1. The predicted octanol–water partition coefficient (Wildman–Crippen LogP) is -0.638. The molecule has 1 atom stereocenters. The molecular formula is C10H14N4O3S. The predicted molar refractivity (Wildman–Crippen MR) is 67.8 cm³/mol. The van der Waals surface area contributed by atoms with Gasteiger partial charge in [0.05, 0.1) is 17.2 Å². The van der Waals surface area contributed by atoms with E-state index in [1.807, 2.05) is 0 Å². The smallest absolute Gasteiger partial charge is 0.267 e. The lowest BCUT2D eigenvalue weighted by Gasteiger charge is -2.13. The molecule has 1 aliphatic rings. The third-order valence-electron chi connectivity index (χ3n) is 2.75. The molecule has 1 aromatic heterocycles. The van der Waals surface area contributed by atoms with Crippen molar-refractivity contribution in [2.45, 2.75) is 12.5 Å². The van der Waals surface area contributed by atoms with Crippen molar-refractivity contribution in [3.05, 3.63) is 17.8 Å². The molecule has 0 saturated carbocycles. The number of nitrogen functional groups attached to an aromatic ring is 1. The van der Waals surface area contributed by atoms with Gasteiger partial charge in [0.1, 0.15) is 11.5 Å². The first-order chi connectivity index (χ1) is 8.37. The molecule has 1 amide bonds. The van der Waals surface area contributed by atoms with Crippen molar-refractivity contribution < 1.29 is 13.2 Å². The molecule has 98 valence electrons. The maximum Gasteiger partial charge on any atom is 0.267 e. The van der Waals surface area contributed by atoms with E-state index in [1.165, 1.54) is 12.1 Å². The number of anilines is 2. The van der Waals surface area contributed by atoms with Crippen LogP contribution in [0.3, 0.4) is 0 Å². The van der Waals surface area contributed by atoms with Crippen LogP contribution in [-0.2, 0) is 9.84 Å². The summed E-state index contributed by atoms with van der Waals surface area (Å²) in [5.74, 6) is -0.153. The van der Waals surface area contributed by atoms with E-state index in [0.29, 0.717) is 17.9 Å². The second kappa shape index (κ2) is 4.45. The molecule has 0 spiro atoms. The topological polar surface area (TPSA) is 128 Å². The van der Waals surface area contributed by atoms with E-state index in [-0.39, 0.29) is 23.2 Å². The van der Waals surface area contributed by atoms with Crippen LogP contribution in [0.15, 0.2) is 12.1 Å². The van der Waals surface area contributed by atoms with E-state index in [4.69, 9.17) is 11.5 Å². The van der Waals surface area contributed by atoms with Gasteiger partial charge in [-0.3, -0.25) is 4.79 Å². The summed E-state index contributed by atoms with van der Waals surface area (Å²) < 4.78 is 22.7. The molecule has 1 fully saturated rings. The number of nitrogens with two attached hydrogens (primary N) is 2. The summed E-state index contributed by atoms with van der Waals surface area (Å²) in [6.07, 6.45) is 0.504. The van der Waals surface area contributed by atoms with E-state index >= 15 is 0 Å². The molecule has 7 nitrogen and oxygen atoms in total. The number of carbonyl (C=O) groups is 1. The lowest BCUT2D eigenvalue weighted by atomic mass is 10.2. The third-order valence-corrected chi connectivity index (χ3v) is 4.52. The van der Waals surface area contributed by atoms with Gasteiger partial charge in [0.25, 0.3) is 5.91 Å². The SMILES string of the molecule is NC(=O)c1ccc(N)c(NC2CCS(=O)(=O)C2)n1. The van der Waals surface area contributed by atoms with Gasteiger partial charge in [-0.2, -0.15) is 0 Å². The van der Waals surface area contributed by atoms with Crippen molar-refractivity contribution >= 4 is 27.2 Å². The summed E-state index contributed by atoms with van der Waals surface area (Å²) >= 11 is 0. The molecule has 0 aromatic carbocycles. The van der Waals surface area contributed by atoms with Crippen LogP contribution < -0.4 is 16.8 Å². The molecule has 2 rings (SSSR count). The fraction of sp³-hybridized carbons (Fsp3) is 0.400. The van der Waals surface area contributed by atoms with Crippen LogP contribution in [0, 0.1) is 0 Å². The number of hydrogen-bond acceptors (Lipinski definition) is 6. The van der Waals surface area contributed by atoms with Crippen LogP contribution in [-0.4, -0.2) is 36.9 Å². The van der Waals surface area contributed by atoms with Gasteiger partial charge in [0, 0.05) is 6.04 Å². The Morgan fingerprint density at radius 1 is 1.44 bits per heavy atom. The molecular weight excluding hydrogens is 256 g/mol. The minimum atomic E-state index is -2.98. The lowest BCUT2D eigenvalue weighted by Crippen LogP contribution is -2.23. The summed E-state index contributed by atoms with van der Waals surface area (Å²) in [7, 11) is -2.98. The maximum atomic E-state index is 11.3. The van der Waals surface area contributed by atoms with Crippen LogP contribution in [0.2, 0.25) is 0 Å². The van der Waals surface area contributed by atoms with Gasteiger partial charge in [-0.1, -0.05) is 0 Å². The lowest BCUT2D eigenvalue weighted by molar-refractivity contribution is 0.0995. The second-order valence-electron chi connectivity index (χ2n) is 4.24. The highest BCUT2D eigenvalue weighted by Gasteiger charge is 2.28. The monoisotopic (exact) mass is 270 g/mol. The van der Waals surface area contributed by atoms with Crippen LogP contribution in [0.5, 0.6) is 0 Å². The molecule has 0 bridgehead atoms. The molecule has 1 aliphatic heterocycles. The van der Waals surface area contributed by atoms with Gasteiger partial charge in [-0.25, -0.2) is 13.4 Å². The summed E-state index contributed by atoms with van der Waals surface area (Å²) in [4.78, 5) is 15.0. The van der Waals surface area contributed by atoms with E-state index in [2.05, 4.69) is 10.3 Å². The number of pyridine rings is 1. The second-order valence-corrected chi connectivity index (χ2v) is 6.47. The molecule has 1 aromatic rings. The quantitative estimate of drug-likeness (QED) is 0.670. The van der Waals surface area contributed by atoms with Gasteiger partial charge < -0.3 is 16.8 Å². The largest absolute Gasteiger partial charge is 0.396 e. The van der Waals surface area contributed by atoms with Crippen molar-refractivity contribution in [2.75, 3.05) is 22.6 Å². The van der Waals surface area contributed by atoms with Gasteiger partial charge in [0.2, 0.25) is 0 Å². The maximum absolute atomic E-state index is 11.3. The highest BCUT2D eigenvalue weighted by atomic mass is 32.2. The number of aromatic nitrogens is 1. The molecule has 0 aliphatic carbocycles. The normalized spacial score (nSPS) is 21.7. The van der Waals surface area contributed by atoms with Crippen LogP contribution in [0.1, 0.15) is 16.9 Å². The Morgan fingerprint density at radius 3 is 2.72 bits per heavy atom. The Labute approximate surface area is 104 Å². The summed E-state index contributed by atoms with van der Waals surface area (Å²) in [5, 5.41) is 2.94. The first kappa shape index (κ1) is 12.6. The zero-order valence-electron chi connectivity index (χ0n) is 9.59. The Balaban J connectivity index is 2.19. The van der Waals surface area contributed by atoms with Crippen molar-refractivity contribution in [1.29, 1.82) is 0 Å². The average Bonchev–Trinajstić information content (AvgIpc) is 2.61. The number of amides is 1. The van der Waals surface area contributed by atoms with E-state index in [9.17, 15) is 13.2 Å². The first-order valence-corrected chi connectivity index (χ1v) is 7.23. The highest BCUT2D eigenvalue weighted by molar-refractivity contribution is 7.91. The molecule has 0 radical (unpaired) electrons. The molecule has 1 unspecified atom stereocenters. The van der Waals surface area contributed by atoms with Crippen molar-refractivity contribution in [3.63, 3.8) is 0 Å². The van der Waals surface area contributed by atoms with E-state index < -0.39 is 15.7 Å². The van der Waals surface area contributed by atoms with Crippen LogP contribution in [0.4, 0.5) is 11.5 Å². The highest BCUT2D eigenvalue weighted by Crippen LogP contribution is 2.21. The zero-order valence-corrected chi connectivity index (χ0v) is 10.4. The number of nitrogens with zero attached hydrogens (tertiary/aromatic N) is 1. The van der Waals surface area contributed by atoms with Crippen LogP contribution in [0.25, 0.3) is 0 Å². The fourth-order valence-corrected chi connectivity index (χ4v) is 3.50. The minimum Gasteiger partial charge on any atom is -0.396 e. The van der Waals surface area contributed by atoms with Gasteiger partial charge in [-0.15, -0.1) is 0 Å². The molecule has 1 saturated heterocycles. The Morgan fingerprint density at radius 2 is 2.17 bits per heavy atom. The van der Waals surface area contributed by atoms with E-state index in [0.717, 1.165) is 0 Å². The third kappa shape index (κ3) is 2.70. The summed E-state index contributed by atoms with van der Waals surface area (Å²) in [5.41, 5.74) is 11.3. The zero-order chi connectivity index (χ0) is 13.3. The Hall–Kier alpha value is -1.83. The number of sulfone groups is 1. The van der Waals surface area contributed by atoms with Crippen molar-refractivity contribution in [3.8, 4) is 0 Å². The summed E-state index contributed by atoms with van der Waals surface area (Å²) in [6, 6.07) is 2.71. The number of primary amides is 1. The van der Waals surface area contributed by atoms with Crippen molar-refractivity contribution in [2.24, 2.45) is 5.73 Å². The van der Waals surface area contributed by atoms with Crippen molar-refractivity contribution in [1.82, 2.24) is 4.98 Å². The molecule has 8 heteroatoms. The fourth-order valence-electron chi connectivity index (χ4n) is 1.82. The first-order valence-electron chi connectivity index (χ1n) is 5.41. The average molecular weight is 270 g/mol. The number of carbonyl (C=O) groups excluding carboxylic acids is 1. The van der Waals surface area contributed by atoms with Gasteiger partial charge in [0.15, 0.2) is 9.84 Å². The van der Waals surface area contributed by atoms with Crippen LogP contribution >= 0.6 is 0 Å². The van der Waals surface area contributed by atoms with Gasteiger partial charge in [-0.05, 0) is 18.6 Å². The molecule has 18 heavy (non-hydrogen) atoms. The standard InChI is InChI=1S/C10H14N4O3S/c11-7-1-2-8(9(12)15)14-10(7)13-6-3-4-18(16,17)5-6/h1-2,6H,3-5,11H2,(H2,12,15)(H,13,14). The van der Waals surface area contributed by atoms with Gasteiger partial charge >= 0.3 is 0 Å². The Bertz CT molecular complexity index is 585. The summed E-state index contributed by atoms with van der Waals surface area (Å²) in [6.45, 7) is 0. The minimum absolute atomic E-state index is 0.0505. The van der Waals surface area contributed by atoms with E-state index in [1.54, 1.807) is 0 Å². The number of rotatable bonds is 3. The molecule has 2 heterocycles. The number of hydrogen-bond donors (Lipinski definition) is 3.